The number of rotatable bonds is 6. The van der Waals surface area contributed by atoms with Crippen LogP contribution >= 0.6 is 0 Å². The van der Waals surface area contributed by atoms with Crippen molar-refractivity contribution in [2.24, 2.45) is 11.7 Å². The van der Waals surface area contributed by atoms with Crippen LogP contribution in [0.3, 0.4) is 0 Å². The van der Waals surface area contributed by atoms with E-state index in [-0.39, 0.29) is 18.1 Å². The zero-order valence-electron chi connectivity index (χ0n) is 12.0. The molecule has 4 heteroatoms. The van der Waals surface area contributed by atoms with Crippen molar-refractivity contribution in [1.29, 1.82) is 0 Å². The number of benzene rings is 1. The Bertz CT molecular complexity index is 390. The first-order chi connectivity index (χ1) is 8.91. The van der Waals surface area contributed by atoms with Crippen molar-refractivity contribution in [3.8, 4) is 5.75 Å². The largest absolute Gasteiger partial charge is 0.487 e. The summed E-state index contributed by atoms with van der Waals surface area (Å²) in [6, 6.07) is 8.86. The summed E-state index contributed by atoms with van der Waals surface area (Å²) < 4.78 is 11.2. The fourth-order valence-corrected chi connectivity index (χ4v) is 1.80. The second-order valence-electron chi connectivity index (χ2n) is 5.07. The van der Waals surface area contributed by atoms with Crippen LogP contribution in [0, 0.1) is 5.92 Å². The van der Waals surface area contributed by atoms with E-state index in [2.05, 4.69) is 0 Å². The number of nitrogens with two attached hydrogens (primary N) is 1. The van der Waals surface area contributed by atoms with Gasteiger partial charge in [-0.2, -0.15) is 0 Å². The molecule has 4 nitrogen and oxygen atoms in total. The fraction of sp³-hybridized carbons (Fsp3) is 0.533. The van der Waals surface area contributed by atoms with Crippen LogP contribution in [0.1, 0.15) is 27.7 Å². The van der Waals surface area contributed by atoms with Gasteiger partial charge in [-0.15, -0.1) is 0 Å². The van der Waals surface area contributed by atoms with Crippen LogP contribution in [-0.2, 0) is 9.53 Å². The molecule has 0 radical (unpaired) electrons. The molecule has 2 N–H and O–H groups in total. The lowest BCUT2D eigenvalue weighted by Crippen LogP contribution is -2.41. The molecule has 1 aromatic rings. The summed E-state index contributed by atoms with van der Waals surface area (Å²) in [5.74, 6) is 0.515. The number of esters is 1. The molecule has 0 unspecified atom stereocenters. The van der Waals surface area contributed by atoms with Gasteiger partial charge >= 0.3 is 5.97 Å². The van der Waals surface area contributed by atoms with Crippen molar-refractivity contribution in [2.75, 3.05) is 0 Å². The molecular weight excluding hydrogens is 242 g/mol. The fourth-order valence-electron chi connectivity index (χ4n) is 1.80. The lowest BCUT2D eigenvalue weighted by atomic mass is 10.0. The van der Waals surface area contributed by atoms with E-state index in [1.165, 1.54) is 0 Å². The SMILES string of the molecule is CC(C)[C@@H](OC(=O)[C@H](C)N)[C@@H](C)Oc1ccccc1. The average Bonchev–Trinajstić information content (AvgIpc) is 2.36. The average molecular weight is 265 g/mol. The van der Waals surface area contributed by atoms with Crippen LogP contribution in [0.25, 0.3) is 0 Å². The van der Waals surface area contributed by atoms with Gasteiger partial charge in [0.1, 0.15) is 24.0 Å². The van der Waals surface area contributed by atoms with Crippen molar-refractivity contribution in [1.82, 2.24) is 0 Å². The van der Waals surface area contributed by atoms with Crippen LogP contribution in [-0.4, -0.2) is 24.2 Å². The summed E-state index contributed by atoms with van der Waals surface area (Å²) in [6.07, 6.45) is -0.552. The van der Waals surface area contributed by atoms with Crippen LogP contribution < -0.4 is 10.5 Å². The Morgan fingerprint density at radius 3 is 2.16 bits per heavy atom. The maximum atomic E-state index is 11.6. The van der Waals surface area contributed by atoms with Gasteiger partial charge in [-0.25, -0.2) is 0 Å². The van der Waals surface area contributed by atoms with Crippen LogP contribution in [0.4, 0.5) is 0 Å². The summed E-state index contributed by atoms with van der Waals surface area (Å²) in [4.78, 5) is 11.6. The molecule has 0 aromatic heterocycles. The van der Waals surface area contributed by atoms with Crippen LogP contribution in [0.15, 0.2) is 30.3 Å². The molecule has 0 aliphatic rings. The van der Waals surface area contributed by atoms with Crippen molar-refractivity contribution >= 4 is 5.97 Å². The molecular formula is C15H23NO3. The van der Waals surface area contributed by atoms with Crippen LogP contribution in [0.5, 0.6) is 5.75 Å². The molecule has 19 heavy (non-hydrogen) atoms. The molecule has 1 rings (SSSR count). The molecule has 0 saturated heterocycles. The van der Waals surface area contributed by atoms with E-state index in [0.29, 0.717) is 0 Å². The smallest absolute Gasteiger partial charge is 0.323 e. The monoisotopic (exact) mass is 265 g/mol. The third-order valence-electron chi connectivity index (χ3n) is 2.81. The van der Waals surface area contributed by atoms with Gasteiger partial charge in [-0.1, -0.05) is 32.0 Å². The molecule has 1 aromatic carbocycles. The Morgan fingerprint density at radius 2 is 1.68 bits per heavy atom. The van der Waals surface area contributed by atoms with E-state index in [9.17, 15) is 4.79 Å². The molecule has 0 aliphatic heterocycles. The topological polar surface area (TPSA) is 61.5 Å². The minimum Gasteiger partial charge on any atom is -0.487 e. The van der Waals surface area contributed by atoms with E-state index < -0.39 is 12.0 Å². The third kappa shape index (κ3) is 4.91. The summed E-state index contributed by atoms with van der Waals surface area (Å²) >= 11 is 0. The predicted octanol–water partition coefficient (Wildman–Crippen LogP) is 2.37. The van der Waals surface area contributed by atoms with Crippen molar-refractivity contribution in [3.63, 3.8) is 0 Å². The highest BCUT2D eigenvalue weighted by molar-refractivity contribution is 5.75. The quantitative estimate of drug-likeness (QED) is 0.802. The Hall–Kier alpha value is -1.55. The van der Waals surface area contributed by atoms with E-state index in [0.717, 1.165) is 5.75 Å². The first-order valence-corrected chi connectivity index (χ1v) is 6.59. The minimum absolute atomic E-state index is 0.154. The zero-order valence-corrected chi connectivity index (χ0v) is 12.0. The summed E-state index contributed by atoms with van der Waals surface area (Å²) in [5, 5.41) is 0. The van der Waals surface area contributed by atoms with Gasteiger partial charge in [0.25, 0.3) is 0 Å². The van der Waals surface area contributed by atoms with Gasteiger partial charge in [0.05, 0.1) is 0 Å². The standard InChI is InChI=1S/C15H23NO3/c1-10(2)14(19-15(17)11(3)16)12(4)18-13-8-6-5-7-9-13/h5-12,14H,16H2,1-4H3/t11-,12+,14+/m0/s1. The van der Waals surface area contributed by atoms with E-state index in [1.807, 2.05) is 51.1 Å². The first kappa shape index (κ1) is 15.5. The molecule has 3 atom stereocenters. The molecule has 0 amide bonds. The van der Waals surface area contributed by atoms with E-state index in [1.54, 1.807) is 6.92 Å². The number of carbonyl (C=O) groups is 1. The molecule has 0 spiro atoms. The Labute approximate surface area is 114 Å². The Balaban J connectivity index is 2.68. The predicted molar refractivity (Wildman–Crippen MR) is 74.9 cm³/mol. The van der Waals surface area contributed by atoms with Gasteiger partial charge in [0.2, 0.25) is 0 Å². The lowest BCUT2D eigenvalue weighted by Gasteiger charge is -2.28. The zero-order chi connectivity index (χ0) is 14.4. The van der Waals surface area contributed by atoms with Gasteiger partial charge in [-0.3, -0.25) is 4.79 Å². The molecule has 106 valence electrons. The maximum Gasteiger partial charge on any atom is 0.323 e. The lowest BCUT2D eigenvalue weighted by molar-refractivity contribution is -0.157. The Morgan fingerprint density at radius 1 is 1.11 bits per heavy atom. The number of hydrogen-bond acceptors (Lipinski definition) is 4. The van der Waals surface area contributed by atoms with E-state index in [4.69, 9.17) is 15.2 Å². The van der Waals surface area contributed by atoms with E-state index >= 15 is 0 Å². The highest BCUT2D eigenvalue weighted by Crippen LogP contribution is 2.18. The number of para-hydroxylation sites is 1. The minimum atomic E-state index is -0.620. The summed E-state index contributed by atoms with van der Waals surface area (Å²) in [5.41, 5.74) is 5.52. The highest BCUT2D eigenvalue weighted by atomic mass is 16.6. The van der Waals surface area contributed by atoms with Gasteiger partial charge in [0.15, 0.2) is 0 Å². The van der Waals surface area contributed by atoms with Gasteiger partial charge in [0, 0.05) is 0 Å². The summed E-state index contributed by atoms with van der Waals surface area (Å²) in [6.45, 7) is 7.49. The van der Waals surface area contributed by atoms with Gasteiger partial charge < -0.3 is 15.2 Å². The molecule has 0 saturated carbocycles. The normalized spacial score (nSPS) is 15.7. The molecule has 0 fully saturated rings. The van der Waals surface area contributed by atoms with Gasteiger partial charge in [-0.05, 0) is 31.9 Å². The first-order valence-electron chi connectivity index (χ1n) is 6.59. The second kappa shape index (κ2) is 7.14. The number of ether oxygens (including phenoxy) is 2. The number of hydrogen-bond donors (Lipinski definition) is 1. The summed E-state index contributed by atoms with van der Waals surface area (Å²) in [7, 11) is 0. The second-order valence-corrected chi connectivity index (χ2v) is 5.07. The molecule has 0 aliphatic carbocycles. The molecule has 0 heterocycles. The number of carbonyl (C=O) groups excluding carboxylic acids is 1. The van der Waals surface area contributed by atoms with Crippen molar-refractivity contribution in [3.05, 3.63) is 30.3 Å². The maximum absolute atomic E-state index is 11.6. The molecule has 0 bridgehead atoms. The highest BCUT2D eigenvalue weighted by Gasteiger charge is 2.27. The third-order valence-corrected chi connectivity index (χ3v) is 2.81. The van der Waals surface area contributed by atoms with Crippen LogP contribution in [0.2, 0.25) is 0 Å². The Kier molecular flexibility index (Phi) is 5.83. The van der Waals surface area contributed by atoms with Crippen molar-refractivity contribution < 1.29 is 14.3 Å². The van der Waals surface area contributed by atoms with Crippen molar-refractivity contribution in [2.45, 2.75) is 45.9 Å².